The van der Waals surface area contributed by atoms with Crippen molar-refractivity contribution in [3.8, 4) is 0 Å². The number of hydrogen-bond donors (Lipinski definition) is 4. The number of piperidine rings is 1. The van der Waals surface area contributed by atoms with Crippen LogP contribution in [-0.2, 0) is 0 Å². The first-order valence-corrected chi connectivity index (χ1v) is 9.96. The van der Waals surface area contributed by atoms with Crippen molar-refractivity contribution in [2.45, 2.75) is 25.7 Å². The van der Waals surface area contributed by atoms with Gasteiger partial charge in [-0.2, -0.15) is 0 Å². The van der Waals surface area contributed by atoms with Gasteiger partial charge in [0.1, 0.15) is 5.82 Å². The third-order valence-electron chi connectivity index (χ3n) is 5.26. The van der Waals surface area contributed by atoms with E-state index in [0.29, 0.717) is 5.92 Å². The van der Waals surface area contributed by atoms with Crippen molar-refractivity contribution in [2.75, 3.05) is 32.1 Å². The minimum Gasteiger partial charge on any atom is -0.400 e. The van der Waals surface area contributed by atoms with Crippen LogP contribution in [0.25, 0.3) is 5.57 Å². The van der Waals surface area contributed by atoms with Gasteiger partial charge in [-0.25, -0.2) is 4.98 Å². The van der Waals surface area contributed by atoms with E-state index in [-0.39, 0.29) is 0 Å². The van der Waals surface area contributed by atoms with Crippen LogP contribution in [0.1, 0.15) is 31.2 Å². The van der Waals surface area contributed by atoms with Gasteiger partial charge < -0.3 is 26.6 Å². The SMILES string of the molecule is C=C(/C=C1/NC=CN/C1=C(/N)CCC1CCCNC1)c1ccc(N(C)C)nc1. The molecule has 150 valence electrons. The molecule has 0 aromatic carbocycles. The molecule has 1 unspecified atom stereocenters. The van der Waals surface area contributed by atoms with Crippen LogP contribution < -0.4 is 26.6 Å². The van der Waals surface area contributed by atoms with E-state index in [1.54, 1.807) is 0 Å². The molecular weight excluding hydrogens is 348 g/mol. The Morgan fingerprint density at radius 1 is 1.32 bits per heavy atom. The Hall–Kier alpha value is -2.73. The normalized spacial score (nSPS) is 22.4. The highest BCUT2D eigenvalue weighted by atomic mass is 15.1. The topological polar surface area (TPSA) is 78.2 Å². The molecular formula is C22H32N6. The molecule has 1 aromatic rings. The van der Waals surface area contributed by atoms with Crippen LogP contribution in [0, 0.1) is 5.92 Å². The van der Waals surface area contributed by atoms with Crippen LogP contribution in [0.5, 0.6) is 0 Å². The van der Waals surface area contributed by atoms with Gasteiger partial charge in [-0.3, -0.25) is 0 Å². The van der Waals surface area contributed by atoms with Gasteiger partial charge in [-0.15, -0.1) is 0 Å². The molecule has 0 bridgehead atoms. The molecule has 6 nitrogen and oxygen atoms in total. The second kappa shape index (κ2) is 9.46. The third kappa shape index (κ3) is 5.16. The summed E-state index contributed by atoms with van der Waals surface area (Å²) in [5, 5.41) is 10.1. The zero-order chi connectivity index (χ0) is 19.9. The van der Waals surface area contributed by atoms with Crippen molar-refractivity contribution in [1.82, 2.24) is 20.9 Å². The molecule has 0 saturated carbocycles. The fraction of sp³-hybridized carbons (Fsp3) is 0.409. The minimum absolute atomic E-state index is 0.712. The van der Waals surface area contributed by atoms with E-state index in [4.69, 9.17) is 5.73 Å². The van der Waals surface area contributed by atoms with Crippen LogP contribution in [-0.4, -0.2) is 32.2 Å². The Kier molecular flexibility index (Phi) is 6.76. The first kappa shape index (κ1) is 20.0. The van der Waals surface area contributed by atoms with Gasteiger partial charge in [0.15, 0.2) is 0 Å². The number of nitrogens with two attached hydrogens (primary N) is 1. The average Bonchev–Trinajstić information content (AvgIpc) is 2.73. The largest absolute Gasteiger partial charge is 0.400 e. The first-order chi connectivity index (χ1) is 13.5. The van der Waals surface area contributed by atoms with E-state index >= 15 is 0 Å². The first-order valence-electron chi connectivity index (χ1n) is 9.96. The molecule has 28 heavy (non-hydrogen) atoms. The lowest BCUT2D eigenvalue weighted by atomic mass is 9.93. The monoisotopic (exact) mass is 380 g/mol. The van der Waals surface area contributed by atoms with Gasteiger partial charge in [-0.1, -0.05) is 6.58 Å². The number of hydrogen-bond acceptors (Lipinski definition) is 6. The summed E-state index contributed by atoms with van der Waals surface area (Å²) in [6.07, 6.45) is 12.2. The Bertz CT molecular complexity index is 767. The van der Waals surface area contributed by atoms with Crippen molar-refractivity contribution in [3.05, 3.63) is 66.0 Å². The summed E-state index contributed by atoms with van der Waals surface area (Å²) in [6.45, 7) is 6.46. The molecule has 0 aliphatic carbocycles. The van der Waals surface area contributed by atoms with Gasteiger partial charge >= 0.3 is 0 Å². The Morgan fingerprint density at radius 3 is 2.82 bits per heavy atom. The third-order valence-corrected chi connectivity index (χ3v) is 5.26. The van der Waals surface area contributed by atoms with E-state index in [0.717, 1.165) is 60.0 Å². The molecule has 3 heterocycles. The molecule has 0 radical (unpaired) electrons. The summed E-state index contributed by atoms with van der Waals surface area (Å²) in [7, 11) is 3.96. The Balaban J connectivity index is 1.72. The van der Waals surface area contributed by atoms with Gasteiger partial charge in [-0.05, 0) is 74.0 Å². The van der Waals surface area contributed by atoms with E-state index in [1.165, 1.54) is 12.8 Å². The summed E-state index contributed by atoms with van der Waals surface area (Å²) < 4.78 is 0. The van der Waals surface area contributed by atoms with Crippen LogP contribution >= 0.6 is 0 Å². The highest BCUT2D eigenvalue weighted by Gasteiger charge is 2.16. The number of rotatable bonds is 6. The van der Waals surface area contributed by atoms with Crippen molar-refractivity contribution in [1.29, 1.82) is 0 Å². The molecule has 3 rings (SSSR count). The summed E-state index contributed by atoms with van der Waals surface area (Å²) in [5.74, 6) is 1.63. The molecule has 1 saturated heterocycles. The van der Waals surface area contributed by atoms with E-state index in [9.17, 15) is 0 Å². The summed E-state index contributed by atoms with van der Waals surface area (Å²) in [4.78, 5) is 6.45. The molecule has 2 aliphatic rings. The quantitative estimate of drug-likeness (QED) is 0.608. The van der Waals surface area contributed by atoms with Crippen LogP contribution in [0.2, 0.25) is 0 Å². The second-order valence-corrected chi connectivity index (χ2v) is 7.66. The van der Waals surface area contributed by atoms with Crippen LogP contribution in [0.3, 0.4) is 0 Å². The smallest absolute Gasteiger partial charge is 0.127 e. The number of aromatic nitrogens is 1. The molecule has 2 aliphatic heterocycles. The highest BCUT2D eigenvalue weighted by molar-refractivity contribution is 5.74. The maximum atomic E-state index is 6.46. The van der Waals surface area contributed by atoms with E-state index < -0.39 is 0 Å². The number of anilines is 1. The lowest BCUT2D eigenvalue weighted by molar-refractivity contribution is 0.357. The number of allylic oxidation sites excluding steroid dienone is 3. The summed E-state index contributed by atoms with van der Waals surface area (Å²) >= 11 is 0. The second-order valence-electron chi connectivity index (χ2n) is 7.66. The van der Waals surface area contributed by atoms with Crippen molar-refractivity contribution >= 4 is 11.4 Å². The van der Waals surface area contributed by atoms with Crippen molar-refractivity contribution in [3.63, 3.8) is 0 Å². The number of nitrogens with one attached hydrogen (secondary N) is 3. The maximum Gasteiger partial charge on any atom is 0.127 e. The van der Waals surface area contributed by atoms with Gasteiger partial charge in [0.2, 0.25) is 0 Å². The zero-order valence-electron chi connectivity index (χ0n) is 17.0. The van der Waals surface area contributed by atoms with E-state index in [2.05, 4.69) is 27.5 Å². The van der Waals surface area contributed by atoms with Gasteiger partial charge in [0, 0.05) is 38.4 Å². The standard InChI is InChI=1S/C22H32N6/c1-16(18-7-9-21(27-15-18)28(2)3)13-20-22(26-12-11-25-20)19(23)8-6-17-5-4-10-24-14-17/h7,9,11-13,15,17,24-26H,1,4-6,8,10,14,23H2,2-3H3/b20-13+,22-19+. The number of nitrogens with zero attached hydrogens (tertiary/aromatic N) is 2. The lowest BCUT2D eigenvalue weighted by Crippen LogP contribution is -2.30. The summed E-state index contributed by atoms with van der Waals surface area (Å²) in [6, 6.07) is 4.03. The fourth-order valence-electron chi connectivity index (χ4n) is 3.54. The van der Waals surface area contributed by atoms with Crippen molar-refractivity contribution < 1.29 is 0 Å². The average molecular weight is 381 g/mol. The zero-order valence-corrected chi connectivity index (χ0v) is 17.0. The molecule has 5 N–H and O–H groups in total. The number of pyridine rings is 1. The fourth-order valence-corrected chi connectivity index (χ4v) is 3.54. The predicted molar refractivity (Wildman–Crippen MR) is 117 cm³/mol. The molecule has 0 spiro atoms. The summed E-state index contributed by atoms with van der Waals surface area (Å²) in [5.41, 5.74) is 11.1. The van der Waals surface area contributed by atoms with Crippen LogP contribution in [0.15, 0.2) is 60.5 Å². The Morgan fingerprint density at radius 2 is 2.14 bits per heavy atom. The predicted octanol–water partition coefficient (Wildman–Crippen LogP) is 2.66. The van der Waals surface area contributed by atoms with Crippen LogP contribution in [0.4, 0.5) is 5.82 Å². The highest BCUT2D eigenvalue weighted by Crippen LogP contribution is 2.23. The minimum atomic E-state index is 0.712. The van der Waals surface area contributed by atoms with Gasteiger partial charge in [0.05, 0.1) is 11.4 Å². The van der Waals surface area contributed by atoms with Gasteiger partial charge in [0.25, 0.3) is 0 Å². The molecule has 1 atom stereocenters. The molecule has 1 aromatic heterocycles. The molecule has 1 fully saturated rings. The lowest BCUT2D eigenvalue weighted by Gasteiger charge is -2.24. The molecule has 6 heteroatoms. The van der Waals surface area contributed by atoms with Crippen molar-refractivity contribution in [2.24, 2.45) is 11.7 Å². The maximum absolute atomic E-state index is 6.46. The van der Waals surface area contributed by atoms with E-state index in [1.807, 2.05) is 55.8 Å². The Labute approximate surface area is 168 Å². The molecule has 0 amide bonds.